The first-order valence-corrected chi connectivity index (χ1v) is 7.28. The Morgan fingerprint density at radius 1 is 1.32 bits per heavy atom. The van der Waals surface area contributed by atoms with Gasteiger partial charge in [0, 0.05) is 31.2 Å². The molecule has 8 heteroatoms. The molecule has 0 aliphatic heterocycles. The Bertz CT molecular complexity index is 624. The molecule has 0 radical (unpaired) electrons. The molecule has 0 saturated carbocycles. The number of aromatic nitrogens is 3. The van der Waals surface area contributed by atoms with E-state index in [4.69, 9.17) is 0 Å². The third-order valence-electron chi connectivity index (χ3n) is 2.38. The number of sulfonamides is 1. The second-order valence-corrected chi connectivity index (χ2v) is 5.53. The molecule has 2 heterocycles. The minimum atomic E-state index is -3.57. The Morgan fingerprint density at radius 3 is 2.84 bits per heavy atom. The van der Waals surface area contributed by atoms with Crippen molar-refractivity contribution in [3.63, 3.8) is 0 Å². The average Bonchev–Trinajstić information content (AvgIpc) is 2.90. The molecule has 0 aliphatic rings. The van der Waals surface area contributed by atoms with Crippen LogP contribution in [0.1, 0.15) is 12.7 Å². The van der Waals surface area contributed by atoms with Gasteiger partial charge in [0.05, 0.1) is 11.4 Å². The maximum absolute atomic E-state index is 12.1. The van der Waals surface area contributed by atoms with Gasteiger partial charge in [-0.1, -0.05) is 0 Å². The van der Waals surface area contributed by atoms with Crippen molar-refractivity contribution in [3.05, 3.63) is 36.5 Å². The lowest BCUT2D eigenvalue weighted by Crippen LogP contribution is -2.24. The van der Waals surface area contributed by atoms with Crippen LogP contribution in [0.2, 0.25) is 0 Å². The topological polar surface area (TPSA) is 99.8 Å². The highest BCUT2D eigenvalue weighted by molar-refractivity contribution is 7.89. The second-order valence-electron chi connectivity index (χ2n) is 3.77. The molecule has 3 N–H and O–H groups in total. The Kier molecular flexibility index (Phi) is 4.13. The van der Waals surface area contributed by atoms with Gasteiger partial charge < -0.3 is 10.3 Å². The van der Waals surface area contributed by atoms with Crippen LogP contribution in [0, 0.1) is 0 Å². The number of rotatable bonds is 6. The molecule has 0 amide bonds. The summed E-state index contributed by atoms with van der Waals surface area (Å²) in [7, 11) is -3.57. The molecule has 0 aliphatic carbocycles. The van der Waals surface area contributed by atoms with E-state index in [-0.39, 0.29) is 11.4 Å². The summed E-state index contributed by atoms with van der Waals surface area (Å²) in [5, 5.41) is 2.97. The molecule has 0 unspecified atom stereocenters. The van der Waals surface area contributed by atoms with Crippen molar-refractivity contribution in [2.24, 2.45) is 0 Å². The maximum atomic E-state index is 12.1. The lowest BCUT2D eigenvalue weighted by molar-refractivity contribution is 0.579. The lowest BCUT2D eigenvalue weighted by atomic mass is 10.4. The first-order valence-electron chi connectivity index (χ1n) is 5.79. The summed E-state index contributed by atoms with van der Waals surface area (Å²) in [5.74, 6) is 1.09. The van der Waals surface area contributed by atoms with Crippen LogP contribution in [-0.2, 0) is 16.6 Å². The second kappa shape index (κ2) is 5.81. The minimum Gasteiger partial charge on any atom is -0.370 e. The van der Waals surface area contributed by atoms with Crippen molar-refractivity contribution in [1.82, 2.24) is 19.7 Å². The fourth-order valence-corrected chi connectivity index (χ4v) is 2.50. The molecule has 0 aromatic carbocycles. The lowest BCUT2D eigenvalue weighted by Gasteiger charge is -2.07. The molecule has 0 spiro atoms. The summed E-state index contributed by atoms with van der Waals surface area (Å²) in [6, 6.07) is 2.94. The van der Waals surface area contributed by atoms with Crippen LogP contribution in [-0.4, -0.2) is 29.9 Å². The Labute approximate surface area is 111 Å². The van der Waals surface area contributed by atoms with E-state index in [1.165, 1.54) is 18.3 Å². The van der Waals surface area contributed by atoms with Crippen molar-refractivity contribution in [3.8, 4) is 0 Å². The van der Waals surface area contributed by atoms with E-state index < -0.39 is 10.0 Å². The quantitative estimate of drug-likeness (QED) is 0.724. The predicted molar refractivity (Wildman–Crippen MR) is 71.0 cm³/mol. The standard InChI is InChI=1S/C11H15N5O2S/c1-2-12-10-7-9(3-4-13-10)19(17,18)16-8-11-14-5-6-15-11/h3-7,16H,2,8H2,1H3,(H,12,13)(H,14,15). The number of nitrogens with one attached hydrogen (secondary N) is 3. The van der Waals surface area contributed by atoms with E-state index in [9.17, 15) is 8.42 Å². The molecular weight excluding hydrogens is 266 g/mol. The van der Waals surface area contributed by atoms with Gasteiger partial charge in [-0.2, -0.15) is 0 Å². The number of aromatic amines is 1. The van der Waals surface area contributed by atoms with Gasteiger partial charge in [0.2, 0.25) is 10.0 Å². The molecule has 0 bridgehead atoms. The number of pyridine rings is 1. The first-order chi connectivity index (χ1) is 9.12. The number of nitrogens with zero attached hydrogens (tertiary/aromatic N) is 2. The zero-order chi connectivity index (χ0) is 13.7. The highest BCUT2D eigenvalue weighted by Gasteiger charge is 2.14. The van der Waals surface area contributed by atoms with E-state index in [2.05, 4.69) is 25.0 Å². The van der Waals surface area contributed by atoms with Gasteiger partial charge in [0.25, 0.3) is 0 Å². The minimum absolute atomic E-state index is 0.119. The number of imidazole rings is 1. The van der Waals surface area contributed by atoms with Crippen LogP contribution in [0.15, 0.2) is 35.6 Å². The zero-order valence-corrected chi connectivity index (χ0v) is 11.2. The van der Waals surface area contributed by atoms with Crippen LogP contribution in [0.5, 0.6) is 0 Å². The van der Waals surface area contributed by atoms with E-state index in [0.717, 1.165) is 0 Å². The zero-order valence-electron chi connectivity index (χ0n) is 10.4. The highest BCUT2D eigenvalue weighted by Crippen LogP contribution is 2.12. The normalized spacial score (nSPS) is 11.4. The van der Waals surface area contributed by atoms with Gasteiger partial charge in [0.1, 0.15) is 11.6 Å². The smallest absolute Gasteiger partial charge is 0.241 e. The Hall–Kier alpha value is -1.93. The SMILES string of the molecule is CCNc1cc(S(=O)(=O)NCc2ncc[nH]2)ccn1. The monoisotopic (exact) mass is 281 g/mol. The maximum Gasteiger partial charge on any atom is 0.241 e. The van der Waals surface area contributed by atoms with E-state index in [1.54, 1.807) is 12.4 Å². The predicted octanol–water partition coefficient (Wildman–Crippen LogP) is 0.715. The van der Waals surface area contributed by atoms with Crippen molar-refractivity contribution in [2.75, 3.05) is 11.9 Å². The summed E-state index contributed by atoms with van der Waals surface area (Å²) in [6.07, 6.45) is 4.66. The molecule has 2 rings (SSSR count). The van der Waals surface area contributed by atoms with Crippen LogP contribution < -0.4 is 10.0 Å². The van der Waals surface area contributed by atoms with Gasteiger partial charge >= 0.3 is 0 Å². The number of hydrogen-bond acceptors (Lipinski definition) is 5. The molecule has 19 heavy (non-hydrogen) atoms. The van der Waals surface area contributed by atoms with Gasteiger partial charge in [-0.05, 0) is 13.0 Å². The van der Waals surface area contributed by atoms with Crippen molar-refractivity contribution >= 4 is 15.8 Å². The molecule has 2 aromatic rings. The summed E-state index contributed by atoms with van der Waals surface area (Å²) >= 11 is 0. The molecule has 7 nitrogen and oxygen atoms in total. The highest BCUT2D eigenvalue weighted by atomic mass is 32.2. The molecule has 2 aromatic heterocycles. The van der Waals surface area contributed by atoms with Gasteiger partial charge in [-0.25, -0.2) is 23.1 Å². The van der Waals surface area contributed by atoms with Crippen molar-refractivity contribution in [1.29, 1.82) is 0 Å². The van der Waals surface area contributed by atoms with Crippen LogP contribution in [0.4, 0.5) is 5.82 Å². The first kappa shape index (κ1) is 13.5. The number of anilines is 1. The summed E-state index contributed by atoms with van der Waals surface area (Å²) in [6.45, 7) is 2.71. The van der Waals surface area contributed by atoms with Gasteiger partial charge in [0.15, 0.2) is 0 Å². The average molecular weight is 281 g/mol. The van der Waals surface area contributed by atoms with Crippen molar-refractivity contribution < 1.29 is 8.42 Å². The fraction of sp³-hybridized carbons (Fsp3) is 0.273. The van der Waals surface area contributed by atoms with Crippen LogP contribution >= 0.6 is 0 Å². The van der Waals surface area contributed by atoms with Crippen molar-refractivity contribution in [2.45, 2.75) is 18.4 Å². The van der Waals surface area contributed by atoms with Crippen LogP contribution in [0.25, 0.3) is 0 Å². The van der Waals surface area contributed by atoms with Crippen LogP contribution in [0.3, 0.4) is 0 Å². The molecular formula is C11H15N5O2S. The number of hydrogen-bond donors (Lipinski definition) is 3. The molecule has 0 saturated heterocycles. The van der Waals surface area contributed by atoms with E-state index in [1.807, 2.05) is 6.92 Å². The Balaban J connectivity index is 2.12. The third kappa shape index (κ3) is 3.52. The fourth-order valence-electron chi connectivity index (χ4n) is 1.50. The number of H-pyrrole nitrogens is 1. The van der Waals surface area contributed by atoms with E-state index in [0.29, 0.717) is 18.2 Å². The molecule has 0 fully saturated rings. The van der Waals surface area contributed by atoms with Gasteiger partial charge in [-0.15, -0.1) is 0 Å². The van der Waals surface area contributed by atoms with E-state index >= 15 is 0 Å². The summed E-state index contributed by atoms with van der Waals surface area (Å²) in [5.41, 5.74) is 0. The third-order valence-corrected chi connectivity index (χ3v) is 3.78. The van der Waals surface area contributed by atoms with Gasteiger partial charge in [-0.3, -0.25) is 0 Å². The summed E-state index contributed by atoms with van der Waals surface area (Å²) < 4.78 is 26.6. The molecule has 0 atom stereocenters. The largest absolute Gasteiger partial charge is 0.370 e. The Morgan fingerprint density at radius 2 is 2.16 bits per heavy atom. The summed E-state index contributed by atoms with van der Waals surface area (Å²) in [4.78, 5) is 11.0. The molecule has 102 valence electrons.